The molecule has 3 aliphatic rings. The molecule has 2 fully saturated rings. The van der Waals surface area contributed by atoms with Crippen molar-refractivity contribution in [2.45, 2.75) is 82.8 Å². The molecule has 6 aromatic carbocycles. The number of rotatable bonds is 13. The maximum absolute atomic E-state index is 7.54. The zero-order chi connectivity index (χ0) is 42.4. The van der Waals surface area contributed by atoms with Crippen LogP contribution in [0.2, 0.25) is 5.04 Å². The maximum Gasteiger partial charge on any atom is 0.261 e. The minimum absolute atomic E-state index is 0.00111. The zero-order valence-corrected chi connectivity index (χ0v) is 38.3. The molecule has 1 saturated heterocycles. The van der Waals surface area contributed by atoms with E-state index in [0.717, 1.165) is 51.4 Å². The largest absolute Gasteiger partial charge is 0.489 e. The average Bonchev–Trinajstić information content (AvgIpc) is 3.32. The Kier molecular flexibility index (Phi) is 13.1. The third-order valence-electron chi connectivity index (χ3n) is 14.5. The molecule has 62 heavy (non-hydrogen) atoms. The van der Waals surface area contributed by atoms with Gasteiger partial charge in [-0.05, 0) is 111 Å². The van der Waals surface area contributed by atoms with E-state index < -0.39 is 8.32 Å². The second-order valence-corrected chi connectivity index (χ2v) is 23.6. The van der Waals surface area contributed by atoms with E-state index in [4.69, 9.17) is 9.16 Å². The molecular weight excluding hydrogens is 773 g/mol. The summed E-state index contributed by atoms with van der Waals surface area (Å²) in [5, 5.41) is 2.77. The van der Waals surface area contributed by atoms with Gasteiger partial charge in [-0.1, -0.05) is 173 Å². The summed E-state index contributed by atoms with van der Waals surface area (Å²) in [7, 11) is -2.56. The van der Waals surface area contributed by atoms with Crippen molar-refractivity contribution in [1.29, 1.82) is 0 Å². The van der Waals surface area contributed by atoms with Gasteiger partial charge in [0.15, 0.2) is 0 Å². The molecule has 0 spiro atoms. The molecule has 4 atom stereocenters. The SMILES string of the molecule is CC(C)(C)[Si](OC[C@@H]1CCCC[C@H]1CN1CCN(c2ccc([C@@H]3c4ccc(OCc5ccccc5)cc4CC[C@@H]3c3ccccc3)cc2)CC1)(c1ccccc1)c1ccccc1. The Balaban J connectivity index is 0.861. The highest BCUT2D eigenvalue weighted by molar-refractivity contribution is 6.99. The van der Waals surface area contributed by atoms with Crippen LogP contribution >= 0.6 is 0 Å². The molecular formula is C57H66N2O2Si. The normalized spacial score (nSPS) is 21.0. The Hall–Kier alpha value is -4.94. The van der Waals surface area contributed by atoms with Gasteiger partial charge < -0.3 is 14.1 Å². The van der Waals surface area contributed by atoms with Crippen LogP contribution in [0.1, 0.15) is 92.5 Å². The third-order valence-corrected chi connectivity index (χ3v) is 19.5. The smallest absolute Gasteiger partial charge is 0.261 e. The lowest BCUT2D eigenvalue weighted by molar-refractivity contribution is 0.102. The number of hydrogen-bond donors (Lipinski definition) is 0. The van der Waals surface area contributed by atoms with Gasteiger partial charge in [-0.3, -0.25) is 4.90 Å². The van der Waals surface area contributed by atoms with Crippen LogP contribution in [0.5, 0.6) is 5.75 Å². The van der Waals surface area contributed by atoms with Gasteiger partial charge in [-0.15, -0.1) is 0 Å². The molecule has 1 saturated carbocycles. The van der Waals surface area contributed by atoms with Crippen LogP contribution in [-0.4, -0.2) is 52.5 Å². The van der Waals surface area contributed by atoms with Crippen LogP contribution in [-0.2, 0) is 17.5 Å². The lowest BCUT2D eigenvalue weighted by Gasteiger charge is -2.45. The topological polar surface area (TPSA) is 24.9 Å². The minimum Gasteiger partial charge on any atom is -0.489 e. The molecule has 0 bridgehead atoms. The predicted molar refractivity (Wildman–Crippen MR) is 261 cm³/mol. The van der Waals surface area contributed by atoms with Crippen LogP contribution in [0.25, 0.3) is 0 Å². The van der Waals surface area contributed by atoms with Crippen LogP contribution in [0.15, 0.2) is 164 Å². The Morgan fingerprint density at radius 3 is 1.82 bits per heavy atom. The van der Waals surface area contributed by atoms with Crippen LogP contribution < -0.4 is 20.0 Å². The fourth-order valence-corrected chi connectivity index (χ4v) is 15.9. The lowest BCUT2D eigenvalue weighted by atomic mass is 9.69. The predicted octanol–water partition coefficient (Wildman–Crippen LogP) is 11.6. The van der Waals surface area contributed by atoms with E-state index in [1.54, 1.807) is 0 Å². The second-order valence-electron chi connectivity index (χ2n) is 19.3. The van der Waals surface area contributed by atoms with E-state index in [1.165, 1.54) is 76.1 Å². The number of ether oxygens (including phenoxy) is 1. The standard InChI is InChI=1S/C57H66N2O2Si/c1-57(2,3)62(52-24-12-6-13-25-52,53-26-14-7-15-27-53)61-43-49-23-17-16-22-48(49)41-58-36-38-59(39-37-58)50-31-28-46(29-32-50)56-54(45-20-10-5-11-21-45)34-30-47-40-51(33-35-55(47)56)60-42-44-18-8-4-9-19-44/h4-15,18-21,24-29,31-33,35,40,48-49,54,56H,16-17,22-23,30,34,36-39,41-43H2,1-3H3/t48-,49-,54+,56-/m0/s1. The van der Waals surface area contributed by atoms with Crippen molar-refractivity contribution in [3.8, 4) is 5.75 Å². The van der Waals surface area contributed by atoms with Crippen molar-refractivity contribution < 1.29 is 9.16 Å². The van der Waals surface area contributed by atoms with Gasteiger partial charge in [0.25, 0.3) is 8.32 Å². The summed E-state index contributed by atoms with van der Waals surface area (Å²) in [5.41, 5.74) is 8.24. The Labute approximate surface area is 373 Å². The minimum atomic E-state index is -2.56. The zero-order valence-electron chi connectivity index (χ0n) is 37.3. The number of aryl methyl sites for hydroxylation is 1. The van der Waals surface area contributed by atoms with Crippen molar-refractivity contribution in [1.82, 2.24) is 4.90 Å². The summed E-state index contributed by atoms with van der Waals surface area (Å²) >= 11 is 0. The van der Waals surface area contributed by atoms with Gasteiger partial charge >= 0.3 is 0 Å². The first-order valence-electron chi connectivity index (χ1n) is 23.5. The number of piperazine rings is 1. The van der Waals surface area contributed by atoms with Gasteiger partial charge in [-0.2, -0.15) is 0 Å². The first kappa shape index (κ1) is 42.4. The van der Waals surface area contributed by atoms with Crippen molar-refractivity contribution in [2.75, 3.05) is 44.2 Å². The van der Waals surface area contributed by atoms with E-state index in [0.29, 0.717) is 30.3 Å². The maximum atomic E-state index is 7.54. The van der Waals surface area contributed by atoms with Crippen molar-refractivity contribution in [3.63, 3.8) is 0 Å². The lowest BCUT2D eigenvalue weighted by Crippen LogP contribution is -2.67. The van der Waals surface area contributed by atoms with Gasteiger partial charge in [-0.25, -0.2) is 0 Å². The summed E-state index contributed by atoms with van der Waals surface area (Å²) in [6, 6.07) is 60.5. The number of fused-ring (bicyclic) bond motifs is 1. The first-order chi connectivity index (χ1) is 30.4. The number of hydrogen-bond acceptors (Lipinski definition) is 4. The molecule has 1 heterocycles. The van der Waals surface area contributed by atoms with E-state index in [1.807, 2.05) is 0 Å². The molecule has 0 unspecified atom stereocenters. The molecule has 9 rings (SSSR count). The molecule has 0 aromatic heterocycles. The van der Waals surface area contributed by atoms with Crippen LogP contribution in [0.4, 0.5) is 5.69 Å². The molecule has 1 aliphatic heterocycles. The van der Waals surface area contributed by atoms with Crippen molar-refractivity contribution in [3.05, 3.63) is 192 Å². The summed E-state index contributed by atoms with van der Waals surface area (Å²) < 4.78 is 13.8. The van der Waals surface area contributed by atoms with Gasteiger partial charge in [0, 0.05) is 50.9 Å². The summed E-state index contributed by atoms with van der Waals surface area (Å²) in [5.74, 6) is 2.97. The molecule has 0 N–H and O–H groups in total. The fourth-order valence-electron chi connectivity index (χ4n) is 11.2. The molecule has 4 nitrogen and oxygen atoms in total. The Morgan fingerprint density at radius 1 is 0.597 bits per heavy atom. The average molecular weight is 839 g/mol. The van der Waals surface area contributed by atoms with Crippen LogP contribution in [0, 0.1) is 11.8 Å². The Morgan fingerprint density at radius 2 is 1.19 bits per heavy atom. The van der Waals surface area contributed by atoms with E-state index >= 15 is 0 Å². The number of benzene rings is 6. The highest BCUT2D eigenvalue weighted by Crippen LogP contribution is 2.47. The van der Waals surface area contributed by atoms with Crippen LogP contribution in [0.3, 0.4) is 0 Å². The van der Waals surface area contributed by atoms with Gasteiger partial charge in [0.05, 0.1) is 0 Å². The fraction of sp³-hybridized carbons (Fsp3) is 0.368. The van der Waals surface area contributed by atoms with E-state index in [-0.39, 0.29) is 5.04 Å². The number of anilines is 1. The third kappa shape index (κ3) is 9.23. The molecule has 2 aliphatic carbocycles. The van der Waals surface area contributed by atoms with Gasteiger partial charge in [0.2, 0.25) is 0 Å². The van der Waals surface area contributed by atoms with Gasteiger partial charge in [0.1, 0.15) is 12.4 Å². The highest BCUT2D eigenvalue weighted by Gasteiger charge is 2.50. The molecule has 5 heteroatoms. The summed E-state index contributed by atoms with van der Waals surface area (Å²) in [6.07, 6.45) is 7.43. The Bertz CT molecular complexity index is 2270. The number of nitrogens with zero attached hydrogens (tertiary/aromatic N) is 2. The molecule has 6 aromatic rings. The molecule has 320 valence electrons. The van der Waals surface area contributed by atoms with Crippen molar-refractivity contribution in [2.24, 2.45) is 11.8 Å². The molecule has 0 amide bonds. The first-order valence-corrected chi connectivity index (χ1v) is 25.4. The summed E-state index contributed by atoms with van der Waals surface area (Å²) in [6.45, 7) is 14.2. The monoisotopic (exact) mass is 838 g/mol. The van der Waals surface area contributed by atoms with Crippen molar-refractivity contribution >= 4 is 24.4 Å². The molecule has 0 radical (unpaired) electrons. The second kappa shape index (κ2) is 19.2. The van der Waals surface area contributed by atoms with E-state index in [2.05, 4.69) is 194 Å². The summed E-state index contributed by atoms with van der Waals surface area (Å²) in [4.78, 5) is 5.38. The highest BCUT2D eigenvalue weighted by atomic mass is 28.4. The quantitative estimate of drug-likeness (QED) is 0.108. The van der Waals surface area contributed by atoms with E-state index in [9.17, 15) is 0 Å².